The Labute approximate surface area is 89.1 Å². The second kappa shape index (κ2) is 3.24. The maximum atomic E-state index is 6.10. The number of aromatic nitrogens is 2. The average molecular weight is 258 g/mol. The van der Waals surface area contributed by atoms with Crippen LogP contribution in [0.1, 0.15) is 5.69 Å². The van der Waals surface area contributed by atoms with Crippen LogP contribution in [0.25, 0.3) is 10.9 Å². The Bertz CT molecular complexity index is 470. The molecule has 0 atom stereocenters. The third kappa shape index (κ3) is 1.42. The molecule has 2 heterocycles. The normalized spacial score (nSPS) is 10.7. The summed E-state index contributed by atoms with van der Waals surface area (Å²) in [7, 11) is 0. The lowest BCUT2D eigenvalue weighted by Crippen LogP contribution is -1.88. The quantitative estimate of drug-likeness (QED) is 0.723. The molecular formula is C9H6BrClN2. The highest BCUT2D eigenvalue weighted by molar-refractivity contribution is 9.10. The number of pyridine rings is 2. The van der Waals surface area contributed by atoms with Gasteiger partial charge in [-0.05, 0) is 28.9 Å². The zero-order chi connectivity index (χ0) is 9.42. The van der Waals surface area contributed by atoms with Crippen LogP contribution in [-0.2, 0) is 0 Å². The summed E-state index contributed by atoms with van der Waals surface area (Å²) in [5, 5.41) is 1.55. The van der Waals surface area contributed by atoms with Crippen LogP contribution >= 0.6 is 27.5 Å². The summed E-state index contributed by atoms with van der Waals surface area (Å²) in [6.45, 7) is 1.91. The molecule has 0 N–H and O–H groups in total. The second-order valence-electron chi connectivity index (χ2n) is 2.72. The van der Waals surface area contributed by atoms with E-state index in [1.165, 1.54) is 0 Å². The zero-order valence-corrected chi connectivity index (χ0v) is 9.22. The van der Waals surface area contributed by atoms with Crippen LogP contribution < -0.4 is 0 Å². The van der Waals surface area contributed by atoms with Gasteiger partial charge in [0.15, 0.2) is 0 Å². The van der Waals surface area contributed by atoms with Crippen LogP contribution in [0.2, 0.25) is 5.02 Å². The first-order valence-corrected chi connectivity index (χ1v) is 4.92. The maximum absolute atomic E-state index is 6.10. The molecule has 2 aromatic rings. The predicted molar refractivity (Wildman–Crippen MR) is 57.0 cm³/mol. The van der Waals surface area contributed by atoms with Gasteiger partial charge in [0.25, 0.3) is 0 Å². The number of rotatable bonds is 0. The van der Waals surface area contributed by atoms with Crippen molar-refractivity contribution < 1.29 is 0 Å². The molecule has 0 radical (unpaired) electrons. The summed E-state index contributed by atoms with van der Waals surface area (Å²) in [4.78, 5) is 8.36. The van der Waals surface area contributed by atoms with Gasteiger partial charge >= 0.3 is 0 Å². The van der Waals surface area contributed by atoms with Gasteiger partial charge in [0.1, 0.15) is 0 Å². The molecule has 0 aliphatic carbocycles. The van der Waals surface area contributed by atoms with E-state index in [-0.39, 0.29) is 0 Å². The van der Waals surface area contributed by atoms with Crippen molar-refractivity contribution in [3.63, 3.8) is 0 Å². The standard InChI is InChI=1S/C9H6BrClN2/c1-5-8(10)9(11)6-4-12-3-2-7(6)13-5/h2-4H,1H3. The molecule has 4 heteroatoms. The molecule has 0 aliphatic heterocycles. The van der Waals surface area contributed by atoms with Gasteiger partial charge in [-0.25, -0.2) is 0 Å². The van der Waals surface area contributed by atoms with Crippen molar-refractivity contribution in [1.82, 2.24) is 9.97 Å². The molecular weight excluding hydrogens is 251 g/mol. The predicted octanol–water partition coefficient (Wildman–Crippen LogP) is 3.35. The van der Waals surface area contributed by atoms with E-state index in [2.05, 4.69) is 25.9 Å². The minimum absolute atomic E-state index is 0.676. The summed E-state index contributed by atoms with van der Waals surface area (Å²) >= 11 is 9.48. The molecule has 2 rings (SSSR count). The highest BCUT2D eigenvalue weighted by Crippen LogP contribution is 2.31. The fourth-order valence-corrected chi connectivity index (χ4v) is 1.75. The molecule has 0 saturated heterocycles. The number of fused-ring (bicyclic) bond motifs is 1. The molecule has 13 heavy (non-hydrogen) atoms. The van der Waals surface area contributed by atoms with Gasteiger partial charge in [-0.2, -0.15) is 0 Å². The van der Waals surface area contributed by atoms with E-state index in [0.717, 1.165) is 21.1 Å². The first-order valence-electron chi connectivity index (χ1n) is 3.75. The van der Waals surface area contributed by atoms with E-state index in [9.17, 15) is 0 Å². The Hall–Kier alpha value is -0.670. The van der Waals surface area contributed by atoms with Crippen molar-refractivity contribution in [2.75, 3.05) is 0 Å². The Kier molecular flexibility index (Phi) is 2.22. The zero-order valence-electron chi connectivity index (χ0n) is 6.88. The van der Waals surface area contributed by atoms with E-state index >= 15 is 0 Å². The summed E-state index contributed by atoms with van der Waals surface area (Å²) in [5.74, 6) is 0. The molecule has 0 bridgehead atoms. The first kappa shape index (κ1) is 8.91. The van der Waals surface area contributed by atoms with E-state index in [4.69, 9.17) is 11.6 Å². The van der Waals surface area contributed by atoms with Gasteiger partial charge in [-0.1, -0.05) is 11.6 Å². The minimum Gasteiger partial charge on any atom is -0.264 e. The largest absolute Gasteiger partial charge is 0.264 e. The maximum Gasteiger partial charge on any atom is 0.0751 e. The van der Waals surface area contributed by atoms with E-state index < -0.39 is 0 Å². The molecule has 0 spiro atoms. The van der Waals surface area contributed by atoms with Gasteiger partial charge in [0, 0.05) is 17.8 Å². The lowest BCUT2D eigenvalue weighted by Gasteiger charge is -2.03. The monoisotopic (exact) mass is 256 g/mol. The van der Waals surface area contributed by atoms with Gasteiger partial charge in [0.05, 0.1) is 20.7 Å². The Morgan fingerprint density at radius 1 is 1.46 bits per heavy atom. The summed E-state index contributed by atoms with van der Waals surface area (Å²) < 4.78 is 0.842. The van der Waals surface area contributed by atoms with Gasteiger partial charge in [-0.3, -0.25) is 9.97 Å². The van der Waals surface area contributed by atoms with Crippen LogP contribution in [0.3, 0.4) is 0 Å². The Morgan fingerprint density at radius 2 is 2.23 bits per heavy atom. The lowest BCUT2D eigenvalue weighted by atomic mass is 10.2. The SMILES string of the molecule is Cc1nc2ccncc2c(Cl)c1Br. The van der Waals surface area contributed by atoms with E-state index in [1.807, 2.05) is 13.0 Å². The third-order valence-corrected chi connectivity index (χ3v) is 3.42. The Balaban J connectivity index is 2.94. The van der Waals surface area contributed by atoms with Gasteiger partial charge in [-0.15, -0.1) is 0 Å². The lowest BCUT2D eigenvalue weighted by molar-refractivity contribution is 1.22. The molecule has 0 fully saturated rings. The van der Waals surface area contributed by atoms with E-state index in [0.29, 0.717) is 5.02 Å². The Morgan fingerprint density at radius 3 is 3.00 bits per heavy atom. The first-order chi connectivity index (χ1) is 6.20. The summed E-state index contributed by atoms with van der Waals surface area (Å²) in [6.07, 6.45) is 3.42. The fourth-order valence-electron chi connectivity index (χ4n) is 1.16. The smallest absolute Gasteiger partial charge is 0.0751 e. The van der Waals surface area contributed by atoms with Crippen molar-refractivity contribution in [3.8, 4) is 0 Å². The summed E-state index contributed by atoms with van der Waals surface area (Å²) in [6, 6.07) is 1.85. The topological polar surface area (TPSA) is 25.8 Å². The van der Waals surface area contributed by atoms with Crippen molar-refractivity contribution in [1.29, 1.82) is 0 Å². The number of hydrogen-bond donors (Lipinski definition) is 0. The molecule has 2 nitrogen and oxygen atoms in total. The molecule has 0 amide bonds. The number of nitrogens with zero attached hydrogens (tertiary/aromatic N) is 2. The van der Waals surface area contributed by atoms with Crippen molar-refractivity contribution in [2.45, 2.75) is 6.92 Å². The molecule has 0 aromatic carbocycles. The number of aryl methyl sites for hydroxylation is 1. The number of halogens is 2. The fraction of sp³-hybridized carbons (Fsp3) is 0.111. The van der Waals surface area contributed by atoms with Gasteiger partial charge in [0.2, 0.25) is 0 Å². The van der Waals surface area contributed by atoms with Crippen LogP contribution in [0.15, 0.2) is 22.9 Å². The molecule has 0 aliphatic rings. The van der Waals surface area contributed by atoms with E-state index in [1.54, 1.807) is 12.4 Å². The van der Waals surface area contributed by atoms with Crippen molar-refractivity contribution >= 4 is 38.4 Å². The van der Waals surface area contributed by atoms with Gasteiger partial charge < -0.3 is 0 Å². The van der Waals surface area contributed by atoms with Crippen molar-refractivity contribution in [2.24, 2.45) is 0 Å². The molecule has 0 saturated carbocycles. The van der Waals surface area contributed by atoms with Crippen LogP contribution in [-0.4, -0.2) is 9.97 Å². The average Bonchev–Trinajstić information content (AvgIpc) is 2.15. The highest BCUT2D eigenvalue weighted by atomic mass is 79.9. The summed E-state index contributed by atoms with van der Waals surface area (Å²) in [5.41, 5.74) is 1.77. The molecule has 0 unspecified atom stereocenters. The third-order valence-electron chi connectivity index (χ3n) is 1.83. The van der Waals surface area contributed by atoms with Crippen LogP contribution in [0, 0.1) is 6.92 Å². The molecule has 2 aromatic heterocycles. The second-order valence-corrected chi connectivity index (χ2v) is 3.89. The number of hydrogen-bond acceptors (Lipinski definition) is 2. The van der Waals surface area contributed by atoms with Crippen molar-refractivity contribution in [3.05, 3.63) is 33.6 Å². The molecule has 66 valence electrons. The van der Waals surface area contributed by atoms with Crippen LogP contribution in [0.5, 0.6) is 0 Å². The van der Waals surface area contributed by atoms with Crippen LogP contribution in [0.4, 0.5) is 0 Å². The highest BCUT2D eigenvalue weighted by Gasteiger charge is 2.07. The minimum atomic E-state index is 0.676.